The van der Waals surface area contributed by atoms with Crippen molar-refractivity contribution in [2.45, 2.75) is 97.3 Å². The first-order chi connectivity index (χ1) is 16.9. The lowest BCUT2D eigenvalue weighted by Crippen LogP contribution is -2.66. The second kappa shape index (κ2) is 12.0. The Bertz CT molecular complexity index is 910. The number of piperidine rings is 1. The maximum Gasteiger partial charge on any atom is 0.410 e. The van der Waals surface area contributed by atoms with E-state index >= 15 is 0 Å². The molecule has 36 heavy (non-hydrogen) atoms. The molecule has 3 rings (SSSR count). The van der Waals surface area contributed by atoms with Crippen LogP contribution in [0.25, 0.3) is 0 Å². The quantitative estimate of drug-likeness (QED) is 0.291. The maximum absolute atomic E-state index is 12.9. The Kier molecular flexibility index (Phi) is 9.45. The average molecular weight is 510 g/mol. The van der Waals surface area contributed by atoms with Gasteiger partial charge in [0.15, 0.2) is 0 Å². The monoisotopic (exact) mass is 509 g/mol. The van der Waals surface area contributed by atoms with Crippen LogP contribution in [-0.4, -0.2) is 44.1 Å². The van der Waals surface area contributed by atoms with Gasteiger partial charge >= 0.3 is 6.09 Å². The standard InChI is InChI=1S/C31H47NO3Si/c1-25-21-22-32(29(33)35-30(2,3)4)26(24-25)16-14-15-23-34-36(31(5,6)7,27-17-10-8-11-18-27)28-19-12-9-13-20-28/h8-13,17-20,25-26H,14-16,21-24H2,1-7H3/t25-,26-/m1/s1. The number of carbonyl (C=O) groups is 1. The highest BCUT2D eigenvalue weighted by Gasteiger charge is 2.50. The molecule has 0 aromatic heterocycles. The van der Waals surface area contributed by atoms with E-state index in [9.17, 15) is 4.79 Å². The number of carbonyl (C=O) groups excluding carboxylic acids is 1. The molecule has 5 heteroatoms. The van der Waals surface area contributed by atoms with Crippen LogP contribution in [0.5, 0.6) is 0 Å². The smallest absolute Gasteiger partial charge is 0.410 e. The van der Waals surface area contributed by atoms with Crippen LogP contribution in [-0.2, 0) is 9.16 Å². The maximum atomic E-state index is 12.9. The lowest BCUT2D eigenvalue weighted by Gasteiger charge is -2.43. The van der Waals surface area contributed by atoms with E-state index in [1.165, 1.54) is 10.4 Å². The molecule has 2 aromatic carbocycles. The number of nitrogens with zero attached hydrogens (tertiary/aromatic N) is 1. The third-order valence-electron chi connectivity index (χ3n) is 7.27. The molecular weight excluding hydrogens is 462 g/mol. The number of unbranched alkanes of at least 4 members (excludes halogenated alkanes) is 1. The number of hydrogen-bond acceptors (Lipinski definition) is 3. The van der Waals surface area contributed by atoms with Crippen molar-refractivity contribution in [3.63, 3.8) is 0 Å². The van der Waals surface area contributed by atoms with Crippen molar-refractivity contribution in [2.24, 2.45) is 5.92 Å². The first kappa shape index (κ1) is 28.5. The minimum absolute atomic E-state index is 0.0119. The van der Waals surface area contributed by atoms with Crippen molar-refractivity contribution < 1.29 is 14.0 Å². The molecular formula is C31H47NO3Si. The SMILES string of the molecule is C[C@@H]1CCN(C(=O)OC(C)(C)C)[C@H](CCCCO[Si](c2ccccc2)(c2ccccc2)C(C)(C)C)C1. The van der Waals surface area contributed by atoms with Crippen molar-refractivity contribution in [3.05, 3.63) is 60.7 Å². The molecule has 1 heterocycles. The second-order valence-electron chi connectivity index (χ2n) is 12.5. The molecule has 0 aliphatic carbocycles. The highest BCUT2D eigenvalue weighted by atomic mass is 28.4. The molecule has 0 bridgehead atoms. The molecule has 0 unspecified atom stereocenters. The number of rotatable bonds is 8. The van der Waals surface area contributed by atoms with Crippen molar-refractivity contribution in [1.29, 1.82) is 0 Å². The summed E-state index contributed by atoms with van der Waals surface area (Å²) >= 11 is 0. The topological polar surface area (TPSA) is 38.8 Å². The normalized spacial score (nSPS) is 19.2. The van der Waals surface area contributed by atoms with Crippen LogP contribution in [0.4, 0.5) is 4.79 Å². The summed E-state index contributed by atoms with van der Waals surface area (Å²) in [6.07, 6.45) is 4.95. The summed E-state index contributed by atoms with van der Waals surface area (Å²) in [5, 5.41) is 2.63. The largest absolute Gasteiger partial charge is 0.444 e. The Morgan fingerprint density at radius 3 is 1.97 bits per heavy atom. The zero-order chi connectivity index (χ0) is 26.4. The number of likely N-dealkylation sites (tertiary alicyclic amines) is 1. The highest BCUT2D eigenvalue weighted by molar-refractivity contribution is 6.99. The van der Waals surface area contributed by atoms with E-state index in [-0.39, 0.29) is 17.2 Å². The van der Waals surface area contributed by atoms with E-state index in [0.29, 0.717) is 5.92 Å². The second-order valence-corrected chi connectivity index (χ2v) is 16.8. The fourth-order valence-electron chi connectivity index (χ4n) is 5.56. The van der Waals surface area contributed by atoms with Gasteiger partial charge in [-0.15, -0.1) is 0 Å². The summed E-state index contributed by atoms with van der Waals surface area (Å²) in [7, 11) is -2.49. The Balaban J connectivity index is 1.69. The first-order valence-electron chi connectivity index (χ1n) is 13.7. The predicted molar refractivity (Wildman–Crippen MR) is 153 cm³/mol. The fraction of sp³-hybridized carbons (Fsp3) is 0.581. The molecule has 2 aromatic rings. The van der Waals surface area contributed by atoms with Gasteiger partial charge in [-0.1, -0.05) is 88.4 Å². The Morgan fingerprint density at radius 2 is 1.47 bits per heavy atom. The van der Waals surface area contributed by atoms with E-state index in [1.54, 1.807) is 0 Å². The van der Waals surface area contributed by atoms with Gasteiger partial charge in [-0.2, -0.15) is 0 Å². The number of hydrogen-bond donors (Lipinski definition) is 0. The van der Waals surface area contributed by atoms with Crippen LogP contribution in [0.2, 0.25) is 5.04 Å². The van der Waals surface area contributed by atoms with Crippen LogP contribution < -0.4 is 10.4 Å². The minimum Gasteiger partial charge on any atom is -0.444 e. The molecule has 1 fully saturated rings. The Hall–Kier alpha value is -2.11. The number of amides is 1. The third-order valence-corrected chi connectivity index (χ3v) is 12.3. The van der Waals surface area contributed by atoms with Gasteiger partial charge in [0, 0.05) is 19.2 Å². The summed E-state index contributed by atoms with van der Waals surface area (Å²) in [5.74, 6) is 0.641. The van der Waals surface area contributed by atoms with E-state index < -0.39 is 13.9 Å². The van der Waals surface area contributed by atoms with E-state index in [0.717, 1.165) is 45.3 Å². The van der Waals surface area contributed by atoms with Gasteiger partial charge in [-0.25, -0.2) is 4.79 Å². The molecule has 4 nitrogen and oxygen atoms in total. The summed E-state index contributed by atoms with van der Waals surface area (Å²) in [4.78, 5) is 14.8. The van der Waals surface area contributed by atoms with Crippen LogP contribution in [0.15, 0.2) is 60.7 Å². The van der Waals surface area contributed by atoms with Gasteiger partial charge in [-0.05, 0) is 74.2 Å². The predicted octanol–water partition coefficient (Wildman–Crippen LogP) is 6.77. The van der Waals surface area contributed by atoms with Gasteiger partial charge in [0.05, 0.1) is 0 Å². The lowest BCUT2D eigenvalue weighted by molar-refractivity contribution is 0.00400. The lowest BCUT2D eigenvalue weighted by atomic mass is 9.90. The van der Waals surface area contributed by atoms with Gasteiger partial charge in [0.2, 0.25) is 0 Å². The van der Waals surface area contributed by atoms with Crippen molar-refractivity contribution in [1.82, 2.24) is 4.90 Å². The van der Waals surface area contributed by atoms with Crippen LogP contribution in [0.3, 0.4) is 0 Å². The summed E-state index contributed by atoms with van der Waals surface area (Å²) in [5.41, 5.74) is -0.464. The molecule has 1 amide bonds. The van der Waals surface area contributed by atoms with Crippen LogP contribution in [0, 0.1) is 5.92 Å². The highest BCUT2D eigenvalue weighted by Crippen LogP contribution is 2.37. The van der Waals surface area contributed by atoms with E-state index in [4.69, 9.17) is 9.16 Å². The first-order valence-corrected chi connectivity index (χ1v) is 15.6. The number of benzene rings is 2. The Labute approximate surface area is 220 Å². The molecule has 1 saturated heterocycles. The molecule has 2 atom stereocenters. The van der Waals surface area contributed by atoms with Crippen LogP contribution >= 0.6 is 0 Å². The summed E-state index contributed by atoms with van der Waals surface area (Å²) in [6, 6.07) is 21.9. The molecule has 1 aliphatic heterocycles. The molecule has 1 aliphatic rings. The minimum atomic E-state index is -2.49. The Morgan fingerprint density at radius 1 is 0.917 bits per heavy atom. The molecule has 0 radical (unpaired) electrons. The van der Waals surface area contributed by atoms with Gasteiger partial charge in [-0.3, -0.25) is 0 Å². The van der Waals surface area contributed by atoms with Crippen molar-refractivity contribution in [3.8, 4) is 0 Å². The fourth-order valence-corrected chi connectivity index (χ4v) is 10.2. The van der Waals surface area contributed by atoms with Gasteiger partial charge in [0.25, 0.3) is 8.32 Å². The van der Waals surface area contributed by atoms with Crippen LogP contribution in [0.1, 0.15) is 80.6 Å². The summed E-state index contributed by atoms with van der Waals surface area (Å²) in [6.45, 7) is 16.6. The van der Waals surface area contributed by atoms with Gasteiger partial charge < -0.3 is 14.1 Å². The molecule has 0 saturated carbocycles. The van der Waals surface area contributed by atoms with E-state index in [2.05, 4.69) is 88.4 Å². The molecule has 0 N–H and O–H groups in total. The summed E-state index contributed by atoms with van der Waals surface area (Å²) < 4.78 is 12.8. The molecule has 198 valence electrons. The molecule has 0 spiro atoms. The number of ether oxygens (including phenoxy) is 1. The van der Waals surface area contributed by atoms with E-state index in [1.807, 2.05) is 25.7 Å². The third kappa shape index (κ3) is 7.01. The zero-order valence-corrected chi connectivity index (χ0v) is 24.5. The average Bonchev–Trinajstić information content (AvgIpc) is 2.80. The van der Waals surface area contributed by atoms with Crippen molar-refractivity contribution >= 4 is 24.8 Å². The van der Waals surface area contributed by atoms with Gasteiger partial charge in [0.1, 0.15) is 5.60 Å². The van der Waals surface area contributed by atoms with Crippen molar-refractivity contribution in [2.75, 3.05) is 13.2 Å². The zero-order valence-electron chi connectivity index (χ0n) is 23.5.